The number of pyridine rings is 1. The first-order chi connectivity index (χ1) is 13.7. The third-order valence-electron chi connectivity index (χ3n) is 7.08. The Bertz CT molecular complexity index is 1120. The summed E-state index contributed by atoms with van der Waals surface area (Å²) in [5.41, 5.74) is 5.75. The summed E-state index contributed by atoms with van der Waals surface area (Å²) in [7, 11) is 1.80. The van der Waals surface area contributed by atoms with Crippen molar-refractivity contribution < 1.29 is 4.79 Å². The van der Waals surface area contributed by atoms with Gasteiger partial charge in [-0.2, -0.15) is 5.10 Å². The van der Waals surface area contributed by atoms with Gasteiger partial charge in [0.1, 0.15) is 5.69 Å². The van der Waals surface area contributed by atoms with Crippen molar-refractivity contribution in [1.82, 2.24) is 25.1 Å². The van der Waals surface area contributed by atoms with E-state index in [9.17, 15) is 4.79 Å². The molecule has 152 valence electrons. The molecule has 3 aliphatic rings. The van der Waals surface area contributed by atoms with E-state index in [4.69, 9.17) is 0 Å². The topological polar surface area (TPSA) is 90.6 Å². The predicted molar refractivity (Wildman–Crippen MR) is 113 cm³/mol. The first-order valence-electron chi connectivity index (χ1n) is 10.4. The molecule has 3 aliphatic carbocycles. The molecule has 7 heteroatoms. The first-order valence-corrected chi connectivity index (χ1v) is 10.4. The molecule has 2 bridgehead atoms. The minimum atomic E-state index is -0.409. The van der Waals surface area contributed by atoms with Crippen LogP contribution in [0.25, 0.3) is 22.7 Å². The Labute approximate surface area is 170 Å². The molecule has 3 aromatic heterocycles. The fraction of sp³-hybridized carbons (Fsp3) is 0.545. The van der Waals surface area contributed by atoms with Gasteiger partial charge >= 0.3 is 0 Å². The van der Waals surface area contributed by atoms with E-state index in [-0.39, 0.29) is 5.91 Å². The van der Waals surface area contributed by atoms with Gasteiger partial charge in [-0.25, -0.2) is 9.97 Å². The number of anilines is 1. The van der Waals surface area contributed by atoms with Crippen LogP contribution in [0.2, 0.25) is 0 Å². The Hall–Kier alpha value is -2.70. The summed E-state index contributed by atoms with van der Waals surface area (Å²) in [5, 5.41) is 7.83. The summed E-state index contributed by atoms with van der Waals surface area (Å²) < 4.78 is 0. The molecular weight excluding hydrogens is 364 g/mol. The van der Waals surface area contributed by atoms with Gasteiger partial charge in [-0.1, -0.05) is 27.7 Å². The molecule has 2 N–H and O–H groups in total. The zero-order chi connectivity index (χ0) is 20.6. The third kappa shape index (κ3) is 2.70. The molecule has 29 heavy (non-hydrogen) atoms. The Kier molecular flexibility index (Phi) is 3.73. The Balaban J connectivity index is 1.49. The Morgan fingerprint density at radius 2 is 2.14 bits per heavy atom. The molecule has 1 saturated carbocycles. The molecule has 0 aromatic carbocycles. The highest BCUT2D eigenvalue weighted by atomic mass is 16.2. The summed E-state index contributed by atoms with van der Waals surface area (Å²) in [6, 6.07) is 1.95. The number of nitrogens with zero attached hydrogens (tertiary/aromatic N) is 4. The minimum absolute atomic E-state index is 0.0790. The molecule has 1 fully saturated rings. The van der Waals surface area contributed by atoms with Crippen LogP contribution < -0.4 is 4.90 Å². The first kappa shape index (κ1) is 18.3. The molecule has 3 aromatic rings. The Morgan fingerprint density at radius 3 is 2.86 bits per heavy atom. The van der Waals surface area contributed by atoms with Crippen LogP contribution in [-0.2, 0) is 11.2 Å². The summed E-state index contributed by atoms with van der Waals surface area (Å²) in [5.74, 6) is 1.41. The van der Waals surface area contributed by atoms with Crippen molar-refractivity contribution in [2.45, 2.75) is 59.3 Å². The molecule has 1 amide bonds. The normalized spacial score (nSPS) is 23.0. The second-order valence-corrected chi connectivity index (χ2v) is 9.81. The van der Waals surface area contributed by atoms with E-state index in [1.807, 2.05) is 26.8 Å². The fourth-order valence-electron chi connectivity index (χ4n) is 4.95. The van der Waals surface area contributed by atoms with Gasteiger partial charge in [-0.15, -0.1) is 0 Å². The highest BCUT2D eigenvalue weighted by Crippen LogP contribution is 2.59. The van der Waals surface area contributed by atoms with Gasteiger partial charge in [0.15, 0.2) is 11.5 Å². The van der Waals surface area contributed by atoms with Crippen LogP contribution in [0.1, 0.15) is 64.1 Å². The second-order valence-electron chi connectivity index (χ2n) is 9.81. The van der Waals surface area contributed by atoms with Gasteiger partial charge in [-0.05, 0) is 43.1 Å². The number of aromatic amines is 2. The van der Waals surface area contributed by atoms with E-state index < -0.39 is 5.41 Å². The van der Waals surface area contributed by atoms with Crippen LogP contribution in [-0.4, -0.2) is 38.1 Å². The quantitative estimate of drug-likeness (QED) is 0.697. The number of hydrogen-bond acceptors (Lipinski definition) is 4. The number of amides is 1. The number of fused-ring (bicyclic) bond motifs is 1. The Morgan fingerprint density at radius 1 is 1.38 bits per heavy atom. The molecule has 0 radical (unpaired) electrons. The molecule has 0 saturated heterocycles. The lowest BCUT2D eigenvalue weighted by molar-refractivity contribution is -0.126. The molecule has 0 spiro atoms. The lowest BCUT2D eigenvalue weighted by Crippen LogP contribution is -2.40. The van der Waals surface area contributed by atoms with Crippen molar-refractivity contribution in [1.29, 1.82) is 0 Å². The lowest BCUT2D eigenvalue weighted by atomic mass is 9.54. The van der Waals surface area contributed by atoms with E-state index in [0.717, 1.165) is 35.6 Å². The van der Waals surface area contributed by atoms with Crippen molar-refractivity contribution in [2.24, 2.45) is 10.8 Å². The van der Waals surface area contributed by atoms with Gasteiger partial charge in [-0.3, -0.25) is 9.89 Å². The highest BCUT2D eigenvalue weighted by molar-refractivity contribution is 5.97. The van der Waals surface area contributed by atoms with Crippen LogP contribution in [0.3, 0.4) is 0 Å². The molecule has 7 nitrogen and oxygen atoms in total. The van der Waals surface area contributed by atoms with Crippen molar-refractivity contribution in [2.75, 3.05) is 11.9 Å². The number of nitrogens with one attached hydrogen (secondary N) is 2. The maximum Gasteiger partial charge on any atom is 0.232 e. The molecule has 0 atom stereocenters. The number of carbonyl (C=O) groups is 1. The van der Waals surface area contributed by atoms with Gasteiger partial charge in [0.05, 0.1) is 17.4 Å². The van der Waals surface area contributed by atoms with Crippen molar-refractivity contribution >= 4 is 22.8 Å². The third-order valence-corrected chi connectivity index (χ3v) is 7.08. The van der Waals surface area contributed by atoms with Gasteiger partial charge in [0.2, 0.25) is 5.91 Å². The smallest absolute Gasteiger partial charge is 0.232 e. The van der Waals surface area contributed by atoms with Crippen LogP contribution in [0, 0.1) is 10.8 Å². The molecule has 3 heterocycles. The summed E-state index contributed by atoms with van der Waals surface area (Å²) >= 11 is 0. The molecule has 0 aliphatic heterocycles. The maximum atomic E-state index is 12.8. The largest absolute Gasteiger partial charge is 0.335 e. The average molecular weight is 393 g/mol. The fourth-order valence-corrected chi connectivity index (χ4v) is 4.95. The predicted octanol–water partition coefficient (Wildman–Crippen LogP) is 4.19. The second kappa shape index (κ2) is 5.90. The zero-order valence-corrected chi connectivity index (χ0v) is 17.8. The van der Waals surface area contributed by atoms with E-state index in [1.54, 1.807) is 18.1 Å². The molecule has 0 unspecified atom stereocenters. The van der Waals surface area contributed by atoms with E-state index in [2.05, 4.69) is 32.1 Å². The number of rotatable bonds is 4. The zero-order valence-electron chi connectivity index (χ0n) is 17.8. The standard InChI is InChI=1S/C22H28N6O/c1-6-21(2,3)20(29)28(5)13-7-14-18(23-11-13)25-19(24-14)17-16-12-8-22(4,9-12)10-15(16)26-27-17/h7,11-12H,6,8-10H2,1-5H3,(H,26,27)(H,23,24,25)/t12-,22+. The summed E-state index contributed by atoms with van der Waals surface area (Å²) in [4.78, 5) is 27.1. The maximum absolute atomic E-state index is 12.8. The number of hydrogen-bond donors (Lipinski definition) is 2. The van der Waals surface area contributed by atoms with Gasteiger partial charge in [0, 0.05) is 23.7 Å². The van der Waals surface area contributed by atoms with Crippen molar-refractivity contribution in [3.63, 3.8) is 0 Å². The monoisotopic (exact) mass is 392 g/mol. The van der Waals surface area contributed by atoms with Crippen LogP contribution in [0.5, 0.6) is 0 Å². The van der Waals surface area contributed by atoms with E-state index in [0.29, 0.717) is 17.0 Å². The minimum Gasteiger partial charge on any atom is -0.335 e. The average Bonchev–Trinajstić information content (AvgIpc) is 3.28. The summed E-state index contributed by atoms with van der Waals surface area (Å²) in [6.07, 6.45) is 6.03. The van der Waals surface area contributed by atoms with E-state index >= 15 is 0 Å². The van der Waals surface area contributed by atoms with E-state index in [1.165, 1.54) is 24.1 Å². The van der Waals surface area contributed by atoms with Crippen LogP contribution in [0.4, 0.5) is 5.69 Å². The number of H-pyrrole nitrogens is 2. The number of aromatic nitrogens is 5. The molecular formula is C22H28N6O. The van der Waals surface area contributed by atoms with Crippen LogP contribution in [0.15, 0.2) is 12.3 Å². The van der Waals surface area contributed by atoms with Crippen molar-refractivity contribution in [3.05, 3.63) is 23.5 Å². The number of carbonyl (C=O) groups excluding carboxylic acids is 1. The number of imidazole rings is 1. The SMILES string of the molecule is CCC(C)(C)C(=O)N(C)c1cnc2nc(-c3n[nH]c4c3[C@H]3C[C@@](C)(C4)C3)[nH]c2c1. The summed E-state index contributed by atoms with van der Waals surface area (Å²) in [6.45, 7) is 8.33. The lowest BCUT2D eigenvalue weighted by Gasteiger charge is -2.50. The highest BCUT2D eigenvalue weighted by Gasteiger charge is 2.48. The van der Waals surface area contributed by atoms with Crippen LogP contribution >= 0.6 is 0 Å². The van der Waals surface area contributed by atoms with Gasteiger partial charge in [0.25, 0.3) is 0 Å². The molecule has 6 rings (SSSR count). The van der Waals surface area contributed by atoms with Crippen molar-refractivity contribution in [3.8, 4) is 11.5 Å². The van der Waals surface area contributed by atoms with Gasteiger partial charge < -0.3 is 9.88 Å².